The fraction of sp³-hybridized carbons (Fsp3) is 0.250. The summed E-state index contributed by atoms with van der Waals surface area (Å²) in [5, 5.41) is 0. The molecule has 0 aliphatic carbocycles. The molecule has 3 heteroatoms. The van der Waals surface area contributed by atoms with E-state index in [0.29, 0.717) is 0 Å². The van der Waals surface area contributed by atoms with E-state index < -0.39 is 0 Å². The van der Waals surface area contributed by atoms with E-state index >= 15 is 0 Å². The Kier molecular flexibility index (Phi) is 6.37. The zero-order valence-electron chi connectivity index (χ0n) is 16.3. The summed E-state index contributed by atoms with van der Waals surface area (Å²) >= 11 is 0. The standard InChI is InChI=1S/C24H27NO2/c1-4-25(22-11-8-12-24(18-22)26-3)19(2)27-23-15-13-21(14-16-23)17-20-9-6-5-7-10-20/h5-16,18-19H,4,17H2,1-3H3. The van der Waals surface area contributed by atoms with Crippen molar-refractivity contribution < 1.29 is 9.47 Å². The Labute approximate surface area is 162 Å². The average molecular weight is 361 g/mol. The van der Waals surface area contributed by atoms with E-state index in [0.717, 1.165) is 30.2 Å². The van der Waals surface area contributed by atoms with Crippen LogP contribution in [0.2, 0.25) is 0 Å². The number of anilines is 1. The van der Waals surface area contributed by atoms with Crippen LogP contribution in [0.1, 0.15) is 25.0 Å². The van der Waals surface area contributed by atoms with Crippen LogP contribution in [0.15, 0.2) is 78.9 Å². The zero-order chi connectivity index (χ0) is 19.1. The van der Waals surface area contributed by atoms with Gasteiger partial charge in [-0.1, -0.05) is 48.5 Å². The summed E-state index contributed by atoms with van der Waals surface area (Å²) < 4.78 is 11.5. The third-order valence-electron chi connectivity index (χ3n) is 4.65. The Hall–Kier alpha value is -2.94. The van der Waals surface area contributed by atoms with Gasteiger partial charge in [-0.25, -0.2) is 0 Å². The molecule has 0 bridgehead atoms. The highest BCUT2D eigenvalue weighted by Crippen LogP contribution is 2.24. The second-order valence-corrected chi connectivity index (χ2v) is 6.51. The topological polar surface area (TPSA) is 21.7 Å². The van der Waals surface area contributed by atoms with E-state index in [1.165, 1.54) is 11.1 Å². The van der Waals surface area contributed by atoms with Crippen LogP contribution in [0.3, 0.4) is 0 Å². The van der Waals surface area contributed by atoms with Crippen LogP contribution in [-0.2, 0) is 6.42 Å². The van der Waals surface area contributed by atoms with Crippen molar-refractivity contribution in [2.75, 3.05) is 18.6 Å². The van der Waals surface area contributed by atoms with Gasteiger partial charge in [0.05, 0.1) is 7.11 Å². The lowest BCUT2D eigenvalue weighted by molar-refractivity contribution is 0.216. The normalized spacial score (nSPS) is 11.7. The minimum absolute atomic E-state index is 0.0814. The molecule has 3 aromatic rings. The molecule has 0 saturated heterocycles. The van der Waals surface area contributed by atoms with E-state index in [9.17, 15) is 0 Å². The monoisotopic (exact) mass is 361 g/mol. The highest BCUT2D eigenvalue weighted by molar-refractivity contribution is 5.51. The molecule has 0 spiro atoms. The van der Waals surface area contributed by atoms with Crippen molar-refractivity contribution in [1.29, 1.82) is 0 Å². The number of methoxy groups -OCH3 is 1. The molecule has 0 amide bonds. The zero-order valence-corrected chi connectivity index (χ0v) is 16.3. The number of rotatable bonds is 8. The van der Waals surface area contributed by atoms with Gasteiger partial charge in [0, 0.05) is 18.3 Å². The first-order valence-corrected chi connectivity index (χ1v) is 9.40. The van der Waals surface area contributed by atoms with Gasteiger partial charge in [0.2, 0.25) is 0 Å². The summed E-state index contributed by atoms with van der Waals surface area (Å²) in [6.45, 7) is 5.05. The van der Waals surface area contributed by atoms with Gasteiger partial charge in [-0.15, -0.1) is 0 Å². The minimum Gasteiger partial charge on any atom is -0.497 e. The second-order valence-electron chi connectivity index (χ2n) is 6.51. The van der Waals surface area contributed by atoms with Crippen LogP contribution in [-0.4, -0.2) is 19.9 Å². The van der Waals surface area contributed by atoms with Gasteiger partial charge in [0.25, 0.3) is 0 Å². The molecule has 0 aliphatic rings. The summed E-state index contributed by atoms with van der Waals surface area (Å²) in [5.41, 5.74) is 3.68. The van der Waals surface area contributed by atoms with Gasteiger partial charge in [-0.3, -0.25) is 0 Å². The van der Waals surface area contributed by atoms with Gasteiger partial charge >= 0.3 is 0 Å². The molecule has 1 atom stereocenters. The molecule has 0 heterocycles. The van der Waals surface area contributed by atoms with Crippen LogP contribution < -0.4 is 14.4 Å². The van der Waals surface area contributed by atoms with Crippen molar-refractivity contribution >= 4 is 5.69 Å². The van der Waals surface area contributed by atoms with Crippen molar-refractivity contribution in [3.63, 3.8) is 0 Å². The van der Waals surface area contributed by atoms with Gasteiger partial charge in [-0.05, 0) is 55.7 Å². The summed E-state index contributed by atoms with van der Waals surface area (Å²) in [5.74, 6) is 1.73. The van der Waals surface area contributed by atoms with Crippen molar-refractivity contribution in [3.8, 4) is 11.5 Å². The number of ether oxygens (including phenoxy) is 2. The Balaban J connectivity index is 1.66. The number of nitrogens with zero attached hydrogens (tertiary/aromatic N) is 1. The predicted molar refractivity (Wildman–Crippen MR) is 112 cm³/mol. The molecule has 0 radical (unpaired) electrons. The lowest BCUT2D eigenvalue weighted by Gasteiger charge is -2.30. The molecule has 3 nitrogen and oxygen atoms in total. The van der Waals surface area contributed by atoms with E-state index in [-0.39, 0.29) is 6.23 Å². The Morgan fingerprint density at radius 2 is 1.52 bits per heavy atom. The van der Waals surface area contributed by atoms with E-state index in [1.807, 2.05) is 36.4 Å². The first-order valence-electron chi connectivity index (χ1n) is 9.40. The van der Waals surface area contributed by atoms with Gasteiger partial charge in [0.1, 0.15) is 11.5 Å². The fourth-order valence-corrected chi connectivity index (χ4v) is 3.22. The lowest BCUT2D eigenvalue weighted by Crippen LogP contribution is -2.37. The summed E-state index contributed by atoms with van der Waals surface area (Å²) in [6, 6.07) is 26.9. The van der Waals surface area contributed by atoms with Gasteiger partial charge in [0.15, 0.2) is 6.23 Å². The van der Waals surface area contributed by atoms with Crippen molar-refractivity contribution in [1.82, 2.24) is 0 Å². The molecule has 0 aromatic heterocycles. The molecule has 0 aliphatic heterocycles. The lowest BCUT2D eigenvalue weighted by atomic mass is 10.1. The van der Waals surface area contributed by atoms with Crippen molar-refractivity contribution in [2.24, 2.45) is 0 Å². The van der Waals surface area contributed by atoms with E-state index in [2.05, 4.69) is 61.2 Å². The molecule has 1 unspecified atom stereocenters. The maximum Gasteiger partial charge on any atom is 0.169 e. The highest BCUT2D eigenvalue weighted by Gasteiger charge is 2.15. The molecular formula is C24H27NO2. The first-order chi connectivity index (χ1) is 13.2. The molecule has 3 rings (SSSR count). The first kappa shape index (κ1) is 18.8. The predicted octanol–water partition coefficient (Wildman–Crippen LogP) is 5.54. The third kappa shape index (κ3) is 5.04. The molecule has 27 heavy (non-hydrogen) atoms. The largest absolute Gasteiger partial charge is 0.497 e. The summed E-state index contributed by atoms with van der Waals surface area (Å²) in [6.07, 6.45) is 0.851. The third-order valence-corrected chi connectivity index (χ3v) is 4.65. The van der Waals surface area contributed by atoms with Crippen molar-refractivity contribution in [3.05, 3.63) is 90.0 Å². The SMILES string of the molecule is CCN(c1cccc(OC)c1)C(C)Oc1ccc(Cc2ccccc2)cc1. The quantitative estimate of drug-likeness (QED) is 0.492. The highest BCUT2D eigenvalue weighted by atomic mass is 16.5. The number of hydrogen-bond donors (Lipinski definition) is 0. The molecule has 140 valence electrons. The van der Waals surface area contributed by atoms with Crippen LogP contribution in [0.25, 0.3) is 0 Å². The van der Waals surface area contributed by atoms with Crippen LogP contribution >= 0.6 is 0 Å². The molecule has 0 fully saturated rings. The minimum atomic E-state index is -0.0814. The molecule has 0 saturated carbocycles. The van der Waals surface area contributed by atoms with Crippen LogP contribution in [0.5, 0.6) is 11.5 Å². The van der Waals surface area contributed by atoms with E-state index in [1.54, 1.807) is 7.11 Å². The van der Waals surface area contributed by atoms with Gasteiger partial charge in [-0.2, -0.15) is 0 Å². The fourth-order valence-electron chi connectivity index (χ4n) is 3.22. The Morgan fingerprint density at radius 3 is 2.19 bits per heavy atom. The second kappa shape index (κ2) is 9.13. The van der Waals surface area contributed by atoms with Crippen LogP contribution in [0, 0.1) is 0 Å². The maximum absolute atomic E-state index is 6.19. The Morgan fingerprint density at radius 1 is 0.815 bits per heavy atom. The average Bonchev–Trinajstić information content (AvgIpc) is 2.71. The smallest absolute Gasteiger partial charge is 0.169 e. The van der Waals surface area contributed by atoms with E-state index in [4.69, 9.17) is 9.47 Å². The molecular weight excluding hydrogens is 334 g/mol. The Bertz CT molecular complexity index is 831. The molecule has 0 N–H and O–H groups in total. The number of benzene rings is 3. The van der Waals surface area contributed by atoms with Crippen LogP contribution in [0.4, 0.5) is 5.69 Å². The number of hydrogen-bond acceptors (Lipinski definition) is 3. The summed E-state index contributed by atoms with van der Waals surface area (Å²) in [7, 11) is 1.69. The van der Waals surface area contributed by atoms with Crippen molar-refractivity contribution in [2.45, 2.75) is 26.5 Å². The maximum atomic E-state index is 6.19. The molecule has 3 aromatic carbocycles. The van der Waals surface area contributed by atoms with Gasteiger partial charge < -0.3 is 14.4 Å². The summed E-state index contributed by atoms with van der Waals surface area (Å²) in [4.78, 5) is 2.21.